The summed E-state index contributed by atoms with van der Waals surface area (Å²) >= 11 is 0. The number of para-hydroxylation sites is 4. The summed E-state index contributed by atoms with van der Waals surface area (Å²) in [4.78, 5) is 12.8. The molecule has 230 valence electrons. The average molecular weight is 619 g/mol. The summed E-state index contributed by atoms with van der Waals surface area (Å²) in [6, 6.07) is 53.8. The standard InChI is InChI=1S/C44H34N4/c1-4-14-32(15-5-1)43-38-21-10-12-22-40(38)45-44(46-43)48-41-23-13-11-20-37(41)39-30-33(26-29-42(39)48)31-24-27-36(28-25-31)47(34-16-6-2-7-17-34)35-18-8-3-9-19-35/h1-4,6-13,16-30,32H,5,14-15H2. The molecule has 0 saturated heterocycles. The molecule has 0 aliphatic heterocycles. The number of nitrogens with zero attached hydrogens (tertiary/aromatic N) is 4. The van der Waals surface area contributed by atoms with Crippen molar-refractivity contribution in [1.82, 2.24) is 14.5 Å². The molecule has 6 aromatic carbocycles. The molecule has 0 amide bonds. The molecule has 1 unspecified atom stereocenters. The molecule has 9 rings (SSSR count). The Morgan fingerprint density at radius 2 is 1.15 bits per heavy atom. The van der Waals surface area contributed by atoms with Crippen LogP contribution in [0.1, 0.15) is 30.9 Å². The Morgan fingerprint density at radius 1 is 0.521 bits per heavy atom. The fraction of sp³-hybridized carbons (Fsp3) is 0.0909. The molecule has 0 fully saturated rings. The van der Waals surface area contributed by atoms with Gasteiger partial charge in [-0.15, -0.1) is 0 Å². The molecule has 1 aliphatic rings. The van der Waals surface area contributed by atoms with Gasteiger partial charge in [0.25, 0.3) is 0 Å². The van der Waals surface area contributed by atoms with E-state index in [9.17, 15) is 0 Å². The molecule has 2 aromatic heterocycles. The fourth-order valence-electron chi connectivity index (χ4n) is 7.31. The third-order valence-electron chi connectivity index (χ3n) is 9.64. The van der Waals surface area contributed by atoms with Gasteiger partial charge in [0.15, 0.2) is 0 Å². The average Bonchev–Trinajstić information content (AvgIpc) is 3.50. The van der Waals surface area contributed by atoms with Crippen LogP contribution in [0.4, 0.5) is 17.1 Å². The van der Waals surface area contributed by atoms with Crippen molar-refractivity contribution < 1.29 is 0 Å². The lowest BCUT2D eigenvalue weighted by molar-refractivity contribution is 0.603. The van der Waals surface area contributed by atoms with Crippen LogP contribution in [0.5, 0.6) is 0 Å². The molecule has 4 nitrogen and oxygen atoms in total. The normalized spacial score (nSPS) is 14.5. The summed E-state index contributed by atoms with van der Waals surface area (Å²) in [6.07, 6.45) is 7.82. The van der Waals surface area contributed by atoms with Crippen LogP contribution in [0.15, 0.2) is 164 Å². The number of fused-ring (bicyclic) bond motifs is 4. The second-order valence-electron chi connectivity index (χ2n) is 12.5. The molecule has 1 aliphatic carbocycles. The van der Waals surface area contributed by atoms with Crippen LogP contribution < -0.4 is 4.90 Å². The summed E-state index contributed by atoms with van der Waals surface area (Å²) in [5, 5.41) is 3.55. The summed E-state index contributed by atoms with van der Waals surface area (Å²) < 4.78 is 2.25. The van der Waals surface area contributed by atoms with Crippen molar-refractivity contribution in [1.29, 1.82) is 0 Å². The second kappa shape index (κ2) is 12.0. The zero-order chi connectivity index (χ0) is 31.9. The summed E-state index contributed by atoms with van der Waals surface area (Å²) in [5.41, 5.74) is 10.1. The van der Waals surface area contributed by atoms with Gasteiger partial charge in [-0.25, -0.2) is 9.97 Å². The number of hydrogen-bond acceptors (Lipinski definition) is 3. The molecule has 2 heterocycles. The van der Waals surface area contributed by atoms with Crippen molar-refractivity contribution in [3.63, 3.8) is 0 Å². The lowest BCUT2D eigenvalue weighted by atomic mass is 9.89. The predicted octanol–water partition coefficient (Wildman–Crippen LogP) is 11.7. The molecule has 8 aromatic rings. The highest BCUT2D eigenvalue weighted by molar-refractivity contribution is 6.10. The second-order valence-corrected chi connectivity index (χ2v) is 12.5. The van der Waals surface area contributed by atoms with Crippen molar-refractivity contribution in [2.24, 2.45) is 0 Å². The smallest absolute Gasteiger partial charge is 0.235 e. The first kappa shape index (κ1) is 28.2. The molecule has 0 spiro atoms. The topological polar surface area (TPSA) is 34.0 Å². The van der Waals surface area contributed by atoms with Crippen LogP contribution >= 0.6 is 0 Å². The molecule has 0 radical (unpaired) electrons. The van der Waals surface area contributed by atoms with Crippen molar-refractivity contribution in [3.8, 4) is 17.1 Å². The summed E-state index contributed by atoms with van der Waals surface area (Å²) in [5.74, 6) is 1.13. The van der Waals surface area contributed by atoms with E-state index in [-0.39, 0.29) is 0 Å². The van der Waals surface area contributed by atoms with E-state index in [4.69, 9.17) is 9.97 Å². The lowest BCUT2D eigenvalue weighted by Crippen LogP contribution is -2.09. The van der Waals surface area contributed by atoms with Crippen molar-refractivity contribution >= 4 is 49.8 Å². The van der Waals surface area contributed by atoms with E-state index >= 15 is 0 Å². The Kier molecular flexibility index (Phi) is 7.05. The van der Waals surface area contributed by atoms with E-state index in [1.165, 1.54) is 21.9 Å². The summed E-state index contributed by atoms with van der Waals surface area (Å²) in [6.45, 7) is 0. The quantitative estimate of drug-likeness (QED) is 0.174. The largest absolute Gasteiger partial charge is 0.311 e. The molecule has 1 atom stereocenters. The van der Waals surface area contributed by atoms with Crippen LogP contribution in [-0.4, -0.2) is 14.5 Å². The molecule has 4 heteroatoms. The number of anilines is 3. The highest BCUT2D eigenvalue weighted by Crippen LogP contribution is 2.39. The zero-order valence-corrected chi connectivity index (χ0v) is 26.6. The van der Waals surface area contributed by atoms with Crippen molar-refractivity contribution in [3.05, 3.63) is 170 Å². The monoisotopic (exact) mass is 618 g/mol. The minimum Gasteiger partial charge on any atom is -0.311 e. The Labute approximate surface area is 280 Å². The van der Waals surface area contributed by atoms with Crippen molar-refractivity contribution in [2.75, 3.05) is 4.90 Å². The van der Waals surface area contributed by atoms with E-state index < -0.39 is 0 Å². The first-order valence-corrected chi connectivity index (χ1v) is 16.8. The van der Waals surface area contributed by atoms with Gasteiger partial charge in [0, 0.05) is 39.1 Å². The number of allylic oxidation sites excluding steroid dienone is 2. The Bertz CT molecular complexity index is 2390. The maximum absolute atomic E-state index is 5.34. The molecule has 0 bridgehead atoms. The number of rotatable bonds is 6. The highest BCUT2D eigenvalue weighted by atomic mass is 15.2. The van der Waals surface area contributed by atoms with Crippen LogP contribution in [0.25, 0.3) is 49.8 Å². The minimum atomic E-state index is 0.393. The molecular weight excluding hydrogens is 585 g/mol. The summed E-state index contributed by atoms with van der Waals surface area (Å²) in [7, 11) is 0. The van der Waals surface area contributed by atoms with E-state index in [1.54, 1.807) is 0 Å². The van der Waals surface area contributed by atoms with Crippen molar-refractivity contribution in [2.45, 2.75) is 25.2 Å². The molecule has 0 saturated carbocycles. The zero-order valence-electron chi connectivity index (χ0n) is 26.6. The van der Waals surface area contributed by atoms with Gasteiger partial charge in [0.05, 0.1) is 22.2 Å². The number of hydrogen-bond donors (Lipinski definition) is 0. The minimum absolute atomic E-state index is 0.393. The van der Waals surface area contributed by atoms with Crippen LogP contribution in [0.3, 0.4) is 0 Å². The SMILES string of the molecule is C1=CCC(c2nc(-n3c4ccccc4c4cc(-c5ccc(N(c6ccccc6)c6ccccc6)cc5)ccc43)nc3ccccc23)CC1. The number of aromatic nitrogens is 3. The van der Waals surface area contributed by atoms with Crippen LogP contribution in [0, 0.1) is 0 Å². The Balaban J connectivity index is 1.15. The fourth-order valence-corrected chi connectivity index (χ4v) is 7.31. The first-order valence-electron chi connectivity index (χ1n) is 16.8. The maximum Gasteiger partial charge on any atom is 0.235 e. The van der Waals surface area contributed by atoms with Gasteiger partial charge < -0.3 is 4.90 Å². The van der Waals surface area contributed by atoms with Gasteiger partial charge in [-0.2, -0.15) is 0 Å². The van der Waals surface area contributed by atoms with E-state index in [0.29, 0.717) is 5.92 Å². The van der Waals surface area contributed by atoms with Gasteiger partial charge in [0.1, 0.15) is 0 Å². The molecule has 0 N–H and O–H groups in total. The first-order chi connectivity index (χ1) is 23.8. The van der Waals surface area contributed by atoms with E-state index in [1.807, 2.05) is 0 Å². The van der Waals surface area contributed by atoms with Gasteiger partial charge >= 0.3 is 0 Å². The van der Waals surface area contributed by atoms with Crippen LogP contribution in [-0.2, 0) is 0 Å². The maximum atomic E-state index is 5.34. The molecule has 48 heavy (non-hydrogen) atoms. The lowest BCUT2D eigenvalue weighted by Gasteiger charge is -2.25. The number of benzene rings is 6. The third-order valence-corrected chi connectivity index (χ3v) is 9.64. The molecular formula is C44H34N4. The Hall–Kier alpha value is -6.00. The predicted molar refractivity (Wildman–Crippen MR) is 200 cm³/mol. The highest BCUT2D eigenvalue weighted by Gasteiger charge is 2.21. The van der Waals surface area contributed by atoms with E-state index in [2.05, 4.69) is 173 Å². The third kappa shape index (κ3) is 4.94. The van der Waals surface area contributed by atoms with Crippen LogP contribution in [0.2, 0.25) is 0 Å². The van der Waals surface area contributed by atoms with E-state index in [0.717, 1.165) is 69.9 Å². The van der Waals surface area contributed by atoms with Gasteiger partial charge in [-0.3, -0.25) is 4.57 Å². The Morgan fingerprint density at radius 3 is 1.88 bits per heavy atom. The van der Waals surface area contributed by atoms with Gasteiger partial charge in [0.2, 0.25) is 5.95 Å². The van der Waals surface area contributed by atoms with Gasteiger partial charge in [-0.05, 0) is 91.1 Å². The van der Waals surface area contributed by atoms with Gasteiger partial charge in [-0.1, -0.05) is 103 Å².